The van der Waals surface area contributed by atoms with Gasteiger partial charge in [-0.05, 0) is 30.5 Å². The summed E-state index contributed by atoms with van der Waals surface area (Å²) in [5.74, 6) is -0.405. The van der Waals surface area contributed by atoms with Gasteiger partial charge in [0, 0.05) is 7.11 Å². The van der Waals surface area contributed by atoms with Crippen molar-refractivity contribution in [3.05, 3.63) is 29.8 Å². The zero-order valence-corrected chi connectivity index (χ0v) is 12.1. The summed E-state index contributed by atoms with van der Waals surface area (Å²) in [6.07, 6.45) is 3.62. The highest BCUT2D eigenvalue weighted by molar-refractivity contribution is 8.13. The summed E-state index contributed by atoms with van der Waals surface area (Å²) in [4.78, 5) is 15.9. The number of amidine groups is 1. The van der Waals surface area contributed by atoms with Crippen molar-refractivity contribution in [1.29, 1.82) is 5.26 Å². The molecule has 1 aromatic carbocycles. The molecule has 6 nitrogen and oxygen atoms in total. The molecule has 0 aromatic heterocycles. The molecule has 0 unspecified atom stereocenters. The van der Waals surface area contributed by atoms with E-state index in [1.54, 1.807) is 31.4 Å². The molecular formula is C13H15N3O3S. The van der Waals surface area contributed by atoms with Gasteiger partial charge in [-0.25, -0.2) is 9.79 Å². The zero-order chi connectivity index (χ0) is 14.8. The maximum atomic E-state index is 11.6. The summed E-state index contributed by atoms with van der Waals surface area (Å²) in [5, 5.41) is 11.5. The molecule has 0 saturated carbocycles. The van der Waals surface area contributed by atoms with Crippen molar-refractivity contribution in [3.8, 4) is 6.19 Å². The number of nitriles is 1. The van der Waals surface area contributed by atoms with Crippen LogP contribution in [0, 0.1) is 11.5 Å². The second-order valence-electron chi connectivity index (χ2n) is 3.53. The van der Waals surface area contributed by atoms with Crippen molar-refractivity contribution in [1.82, 2.24) is 5.32 Å². The first-order chi connectivity index (χ1) is 9.71. The molecule has 0 aliphatic carbocycles. The van der Waals surface area contributed by atoms with Crippen LogP contribution < -0.4 is 5.32 Å². The molecule has 0 aliphatic rings. The van der Waals surface area contributed by atoms with Crippen LogP contribution in [-0.4, -0.2) is 37.7 Å². The van der Waals surface area contributed by atoms with Crippen LogP contribution in [0.4, 0.5) is 5.69 Å². The normalized spacial score (nSPS) is 10.8. The fourth-order valence-electron chi connectivity index (χ4n) is 1.26. The molecule has 0 spiro atoms. The Balaban J connectivity index is 2.69. The lowest BCUT2D eigenvalue weighted by atomic mass is 10.2. The molecule has 1 rings (SSSR count). The van der Waals surface area contributed by atoms with Gasteiger partial charge in [-0.1, -0.05) is 11.8 Å². The highest BCUT2D eigenvalue weighted by Gasteiger charge is 2.06. The monoisotopic (exact) mass is 293 g/mol. The lowest BCUT2D eigenvalue weighted by Gasteiger charge is -2.04. The van der Waals surface area contributed by atoms with E-state index in [9.17, 15) is 4.79 Å². The van der Waals surface area contributed by atoms with Crippen LogP contribution in [0.2, 0.25) is 0 Å². The van der Waals surface area contributed by atoms with Crippen molar-refractivity contribution >= 4 is 28.6 Å². The van der Waals surface area contributed by atoms with E-state index in [2.05, 4.69) is 10.3 Å². The van der Waals surface area contributed by atoms with Crippen molar-refractivity contribution in [2.75, 3.05) is 26.6 Å². The fraction of sp³-hybridized carbons (Fsp3) is 0.308. The second kappa shape index (κ2) is 8.96. The van der Waals surface area contributed by atoms with Crippen LogP contribution in [0.25, 0.3) is 0 Å². The number of carbonyl (C=O) groups is 1. The number of methoxy groups -OCH3 is 1. The van der Waals surface area contributed by atoms with Gasteiger partial charge in [0.1, 0.15) is 6.61 Å². The Morgan fingerprint density at radius 1 is 1.40 bits per heavy atom. The van der Waals surface area contributed by atoms with E-state index in [1.807, 2.05) is 12.4 Å². The first kappa shape index (κ1) is 16.0. The third kappa shape index (κ3) is 5.30. The van der Waals surface area contributed by atoms with E-state index in [0.29, 0.717) is 23.0 Å². The minimum Gasteiger partial charge on any atom is -0.460 e. The minimum absolute atomic E-state index is 0.220. The number of hydrogen-bond donors (Lipinski definition) is 1. The van der Waals surface area contributed by atoms with Crippen LogP contribution in [0.1, 0.15) is 10.4 Å². The predicted molar refractivity (Wildman–Crippen MR) is 78.0 cm³/mol. The molecule has 7 heteroatoms. The number of ether oxygens (including phenoxy) is 2. The first-order valence-corrected chi connectivity index (χ1v) is 6.97. The van der Waals surface area contributed by atoms with Crippen LogP contribution in [0.5, 0.6) is 0 Å². The van der Waals surface area contributed by atoms with E-state index in [1.165, 1.54) is 11.8 Å². The SMILES string of the molecule is COCCOC(=O)c1ccc(N=C(NC#N)SC)cc1. The largest absolute Gasteiger partial charge is 0.460 e. The average Bonchev–Trinajstić information content (AvgIpc) is 2.47. The van der Waals surface area contributed by atoms with E-state index in [-0.39, 0.29) is 6.61 Å². The quantitative estimate of drug-likeness (QED) is 0.223. The summed E-state index contributed by atoms with van der Waals surface area (Å²) in [5.41, 5.74) is 1.09. The van der Waals surface area contributed by atoms with Gasteiger partial charge in [0.2, 0.25) is 0 Å². The molecule has 1 N–H and O–H groups in total. The van der Waals surface area contributed by atoms with Gasteiger partial charge in [0.25, 0.3) is 0 Å². The van der Waals surface area contributed by atoms with Gasteiger partial charge in [0.05, 0.1) is 17.9 Å². The van der Waals surface area contributed by atoms with Crippen LogP contribution >= 0.6 is 11.8 Å². The van der Waals surface area contributed by atoms with Gasteiger partial charge >= 0.3 is 5.97 Å². The highest BCUT2D eigenvalue weighted by Crippen LogP contribution is 2.15. The molecule has 0 saturated heterocycles. The predicted octanol–water partition coefficient (Wildman–Crippen LogP) is 1.91. The molecule has 0 bridgehead atoms. The van der Waals surface area contributed by atoms with Crippen molar-refractivity contribution in [3.63, 3.8) is 0 Å². The van der Waals surface area contributed by atoms with Gasteiger partial charge in [-0.2, -0.15) is 5.26 Å². The number of nitrogens with zero attached hydrogens (tertiary/aromatic N) is 2. The van der Waals surface area contributed by atoms with E-state index < -0.39 is 5.97 Å². The first-order valence-electron chi connectivity index (χ1n) is 5.75. The summed E-state index contributed by atoms with van der Waals surface area (Å²) in [6, 6.07) is 6.61. The fourth-order valence-corrected chi connectivity index (χ4v) is 1.61. The van der Waals surface area contributed by atoms with E-state index in [4.69, 9.17) is 14.7 Å². The van der Waals surface area contributed by atoms with Crippen LogP contribution in [0.15, 0.2) is 29.3 Å². The van der Waals surface area contributed by atoms with Crippen molar-refractivity contribution < 1.29 is 14.3 Å². The molecule has 1 aromatic rings. The smallest absolute Gasteiger partial charge is 0.338 e. The number of nitrogens with one attached hydrogen (secondary N) is 1. The Morgan fingerprint density at radius 2 is 2.10 bits per heavy atom. The summed E-state index contributed by atoms with van der Waals surface area (Å²) >= 11 is 1.32. The molecule has 0 radical (unpaired) electrons. The number of hydrogen-bond acceptors (Lipinski definition) is 6. The van der Waals surface area contributed by atoms with Crippen LogP contribution in [-0.2, 0) is 9.47 Å². The number of carbonyl (C=O) groups excluding carboxylic acids is 1. The molecule has 0 atom stereocenters. The summed E-state index contributed by atoms with van der Waals surface area (Å²) < 4.78 is 9.79. The number of thioether (sulfide) groups is 1. The standard InChI is InChI=1S/C13H15N3O3S/c1-18-7-8-19-12(17)10-3-5-11(6-4-10)16-13(20-2)15-9-14/h3-6H,7-8H2,1-2H3,(H,15,16). The number of benzene rings is 1. The van der Waals surface area contributed by atoms with E-state index in [0.717, 1.165) is 0 Å². The maximum Gasteiger partial charge on any atom is 0.338 e. The third-order valence-corrected chi connectivity index (χ3v) is 2.79. The molecule has 0 heterocycles. The van der Waals surface area contributed by atoms with Crippen molar-refractivity contribution in [2.24, 2.45) is 4.99 Å². The molecule has 20 heavy (non-hydrogen) atoms. The summed E-state index contributed by atoms with van der Waals surface area (Å²) in [7, 11) is 1.54. The Morgan fingerprint density at radius 3 is 2.65 bits per heavy atom. The molecule has 0 aliphatic heterocycles. The highest BCUT2D eigenvalue weighted by atomic mass is 32.2. The average molecular weight is 293 g/mol. The number of rotatable bonds is 5. The van der Waals surface area contributed by atoms with Gasteiger partial charge in [0.15, 0.2) is 11.4 Å². The van der Waals surface area contributed by atoms with Crippen LogP contribution in [0.3, 0.4) is 0 Å². The van der Waals surface area contributed by atoms with Gasteiger partial charge in [-0.15, -0.1) is 0 Å². The maximum absolute atomic E-state index is 11.6. The van der Waals surface area contributed by atoms with Crippen molar-refractivity contribution in [2.45, 2.75) is 0 Å². The molecule has 0 fully saturated rings. The lowest BCUT2D eigenvalue weighted by molar-refractivity contribution is 0.0388. The Kier molecular flexibility index (Phi) is 7.17. The van der Waals surface area contributed by atoms with Gasteiger partial charge < -0.3 is 9.47 Å². The van der Waals surface area contributed by atoms with Gasteiger partial charge in [-0.3, -0.25) is 5.32 Å². The molecular weight excluding hydrogens is 278 g/mol. The third-order valence-electron chi connectivity index (χ3n) is 2.21. The second-order valence-corrected chi connectivity index (χ2v) is 4.33. The minimum atomic E-state index is -0.405. The Bertz CT molecular complexity index is 509. The van der Waals surface area contributed by atoms with E-state index >= 15 is 0 Å². The zero-order valence-electron chi connectivity index (χ0n) is 11.3. The molecule has 0 amide bonds. The molecule has 106 valence electrons. The topological polar surface area (TPSA) is 83.7 Å². The Labute approximate surface area is 121 Å². The number of aliphatic imine (C=N–C) groups is 1. The lowest BCUT2D eigenvalue weighted by Crippen LogP contribution is -2.12. The number of esters is 1. The Hall–Kier alpha value is -2.04. The summed E-state index contributed by atoms with van der Waals surface area (Å²) in [6.45, 7) is 0.586.